The quantitative estimate of drug-likeness (QED) is 0.643. The second-order valence-corrected chi connectivity index (χ2v) is 9.41. The molecule has 1 aromatic heterocycles. The Kier molecular flexibility index (Phi) is 6.79. The number of ether oxygens (including phenoxy) is 1. The number of nitrogens with one attached hydrogen (secondary N) is 2. The van der Waals surface area contributed by atoms with E-state index in [9.17, 15) is 14.4 Å². The van der Waals surface area contributed by atoms with E-state index in [2.05, 4.69) is 10.6 Å². The SMILES string of the molecule is COC(=O)c1c(NC(=O)CNc2cccc(C)c2C(=O)N2CCCC2)sc2c1CCCC2. The maximum atomic E-state index is 13.0. The number of rotatable bonds is 6. The first kappa shape index (κ1) is 22.3. The fourth-order valence-electron chi connectivity index (χ4n) is 4.50. The molecule has 0 bridgehead atoms. The minimum Gasteiger partial charge on any atom is -0.465 e. The maximum Gasteiger partial charge on any atom is 0.341 e. The number of likely N-dealkylation sites (tertiary alicyclic amines) is 1. The largest absolute Gasteiger partial charge is 0.465 e. The number of anilines is 2. The van der Waals surface area contributed by atoms with Crippen molar-refractivity contribution in [3.63, 3.8) is 0 Å². The second-order valence-electron chi connectivity index (χ2n) is 8.31. The van der Waals surface area contributed by atoms with Crippen LogP contribution in [-0.2, 0) is 22.4 Å². The molecule has 2 heterocycles. The molecule has 4 rings (SSSR count). The van der Waals surface area contributed by atoms with E-state index in [0.29, 0.717) is 21.8 Å². The highest BCUT2D eigenvalue weighted by Crippen LogP contribution is 2.38. The number of nitrogens with zero attached hydrogens (tertiary/aromatic N) is 1. The Morgan fingerprint density at radius 1 is 1.06 bits per heavy atom. The highest BCUT2D eigenvalue weighted by Gasteiger charge is 2.27. The van der Waals surface area contributed by atoms with Crippen LogP contribution in [0.25, 0.3) is 0 Å². The van der Waals surface area contributed by atoms with Crippen LogP contribution >= 0.6 is 11.3 Å². The summed E-state index contributed by atoms with van der Waals surface area (Å²) in [5.41, 5.74) is 3.64. The lowest BCUT2D eigenvalue weighted by molar-refractivity contribution is -0.114. The zero-order valence-corrected chi connectivity index (χ0v) is 19.4. The van der Waals surface area contributed by atoms with Crippen LogP contribution in [-0.4, -0.2) is 49.4 Å². The van der Waals surface area contributed by atoms with E-state index in [4.69, 9.17) is 4.74 Å². The smallest absolute Gasteiger partial charge is 0.341 e. The van der Waals surface area contributed by atoms with Crippen molar-refractivity contribution in [3.05, 3.63) is 45.3 Å². The van der Waals surface area contributed by atoms with E-state index in [-0.39, 0.29) is 18.4 Å². The first-order chi connectivity index (χ1) is 15.5. The van der Waals surface area contributed by atoms with Crippen molar-refractivity contribution in [2.75, 3.05) is 37.4 Å². The number of carbonyl (C=O) groups is 3. The molecule has 1 fully saturated rings. The molecule has 0 radical (unpaired) electrons. The van der Waals surface area contributed by atoms with E-state index < -0.39 is 5.97 Å². The van der Waals surface area contributed by atoms with Crippen LogP contribution in [0.1, 0.15) is 62.4 Å². The minimum atomic E-state index is -0.412. The highest BCUT2D eigenvalue weighted by molar-refractivity contribution is 7.17. The fourth-order valence-corrected chi connectivity index (χ4v) is 5.79. The molecule has 0 saturated carbocycles. The third kappa shape index (κ3) is 4.50. The number of fused-ring (bicyclic) bond motifs is 1. The molecule has 1 aliphatic carbocycles. The van der Waals surface area contributed by atoms with E-state index in [1.54, 1.807) is 0 Å². The Balaban J connectivity index is 1.49. The normalized spacial score (nSPS) is 15.2. The van der Waals surface area contributed by atoms with Crippen molar-refractivity contribution in [2.45, 2.75) is 45.4 Å². The van der Waals surface area contributed by atoms with Crippen LogP contribution in [0.4, 0.5) is 10.7 Å². The molecule has 7 nitrogen and oxygen atoms in total. The van der Waals surface area contributed by atoms with Crippen molar-refractivity contribution in [1.82, 2.24) is 4.90 Å². The molecule has 32 heavy (non-hydrogen) atoms. The number of hydrogen-bond donors (Lipinski definition) is 2. The van der Waals surface area contributed by atoms with Crippen LogP contribution in [0.15, 0.2) is 18.2 Å². The van der Waals surface area contributed by atoms with Crippen molar-refractivity contribution in [3.8, 4) is 0 Å². The van der Waals surface area contributed by atoms with Crippen LogP contribution in [0.2, 0.25) is 0 Å². The third-order valence-corrected chi connectivity index (χ3v) is 7.34. The summed E-state index contributed by atoms with van der Waals surface area (Å²) in [6.45, 7) is 3.44. The Morgan fingerprint density at radius 2 is 1.81 bits per heavy atom. The Morgan fingerprint density at radius 3 is 2.56 bits per heavy atom. The van der Waals surface area contributed by atoms with Gasteiger partial charge in [-0.15, -0.1) is 11.3 Å². The predicted octanol–water partition coefficient (Wildman–Crippen LogP) is 4.01. The lowest BCUT2D eigenvalue weighted by Gasteiger charge is -2.20. The van der Waals surface area contributed by atoms with Crippen molar-refractivity contribution < 1.29 is 19.1 Å². The molecule has 2 N–H and O–H groups in total. The molecule has 1 aromatic carbocycles. The summed E-state index contributed by atoms with van der Waals surface area (Å²) in [5.74, 6) is -0.679. The van der Waals surface area contributed by atoms with Gasteiger partial charge in [0.15, 0.2) is 0 Å². The number of aryl methyl sites for hydroxylation is 2. The van der Waals surface area contributed by atoms with E-state index in [1.807, 2.05) is 30.0 Å². The standard InChI is InChI=1S/C24H29N3O4S/c1-15-8-7-10-17(20(15)23(29)27-12-5-6-13-27)25-14-19(28)26-22-21(24(30)31-2)16-9-3-4-11-18(16)32-22/h7-8,10,25H,3-6,9,11-14H2,1-2H3,(H,26,28). The van der Waals surface area contributed by atoms with Crippen LogP contribution in [0.5, 0.6) is 0 Å². The van der Waals surface area contributed by atoms with Gasteiger partial charge in [-0.25, -0.2) is 4.79 Å². The number of hydrogen-bond acceptors (Lipinski definition) is 6. The van der Waals surface area contributed by atoms with Crippen LogP contribution in [0, 0.1) is 6.92 Å². The molecule has 1 aliphatic heterocycles. The van der Waals surface area contributed by atoms with E-state index in [1.165, 1.54) is 18.4 Å². The van der Waals surface area contributed by atoms with Gasteiger partial charge < -0.3 is 20.3 Å². The first-order valence-corrected chi connectivity index (χ1v) is 12.0. The summed E-state index contributed by atoms with van der Waals surface area (Å²) in [6.07, 6.45) is 5.92. The summed E-state index contributed by atoms with van der Waals surface area (Å²) in [5, 5.41) is 6.57. The monoisotopic (exact) mass is 455 g/mol. The number of thiophene rings is 1. The predicted molar refractivity (Wildman–Crippen MR) is 126 cm³/mol. The summed E-state index contributed by atoms with van der Waals surface area (Å²) in [7, 11) is 1.36. The Labute approximate surface area is 192 Å². The lowest BCUT2D eigenvalue weighted by Crippen LogP contribution is -2.30. The number of carbonyl (C=O) groups excluding carboxylic acids is 3. The molecular formula is C24H29N3O4S. The van der Waals surface area contributed by atoms with Gasteiger partial charge in [-0.05, 0) is 62.6 Å². The number of esters is 1. The van der Waals surface area contributed by atoms with Crippen molar-refractivity contribution in [1.29, 1.82) is 0 Å². The zero-order chi connectivity index (χ0) is 22.7. The molecule has 2 aliphatic rings. The Bertz CT molecular complexity index is 1040. The zero-order valence-electron chi connectivity index (χ0n) is 18.6. The number of benzene rings is 1. The van der Waals surface area contributed by atoms with Crippen LogP contribution < -0.4 is 10.6 Å². The number of methoxy groups -OCH3 is 1. The van der Waals surface area contributed by atoms with Gasteiger partial charge in [-0.2, -0.15) is 0 Å². The molecule has 0 atom stereocenters. The number of amides is 2. The molecule has 8 heteroatoms. The van der Waals surface area contributed by atoms with Gasteiger partial charge in [0.05, 0.1) is 24.8 Å². The molecule has 170 valence electrons. The van der Waals surface area contributed by atoms with Gasteiger partial charge in [-0.1, -0.05) is 12.1 Å². The van der Waals surface area contributed by atoms with Crippen molar-refractivity contribution >= 4 is 39.8 Å². The van der Waals surface area contributed by atoms with Gasteiger partial charge >= 0.3 is 5.97 Å². The molecular weight excluding hydrogens is 426 g/mol. The fraction of sp³-hybridized carbons (Fsp3) is 0.458. The summed E-state index contributed by atoms with van der Waals surface area (Å²) in [4.78, 5) is 41.2. The second kappa shape index (κ2) is 9.73. The lowest BCUT2D eigenvalue weighted by atomic mass is 9.95. The topological polar surface area (TPSA) is 87.7 Å². The minimum absolute atomic E-state index is 0.00224. The van der Waals surface area contributed by atoms with Crippen molar-refractivity contribution in [2.24, 2.45) is 0 Å². The summed E-state index contributed by atoms with van der Waals surface area (Å²) < 4.78 is 4.97. The average Bonchev–Trinajstić information content (AvgIpc) is 3.45. The molecule has 0 spiro atoms. The molecule has 1 saturated heterocycles. The van der Waals surface area contributed by atoms with Gasteiger partial charge in [0, 0.05) is 23.7 Å². The molecule has 2 amide bonds. The highest BCUT2D eigenvalue weighted by atomic mass is 32.1. The van der Waals surface area contributed by atoms with Crippen LogP contribution in [0.3, 0.4) is 0 Å². The van der Waals surface area contributed by atoms with Gasteiger partial charge in [0.2, 0.25) is 5.91 Å². The van der Waals surface area contributed by atoms with Gasteiger partial charge in [0.25, 0.3) is 5.91 Å². The summed E-state index contributed by atoms with van der Waals surface area (Å²) in [6, 6.07) is 5.61. The molecule has 0 unspecified atom stereocenters. The Hall–Kier alpha value is -2.87. The van der Waals surface area contributed by atoms with E-state index >= 15 is 0 Å². The van der Waals surface area contributed by atoms with Gasteiger partial charge in [-0.3, -0.25) is 9.59 Å². The molecule has 2 aromatic rings. The average molecular weight is 456 g/mol. The third-order valence-electron chi connectivity index (χ3n) is 6.13. The maximum absolute atomic E-state index is 13.0. The first-order valence-electron chi connectivity index (χ1n) is 11.1. The van der Waals surface area contributed by atoms with Gasteiger partial charge in [0.1, 0.15) is 5.00 Å². The van der Waals surface area contributed by atoms with E-state index in [0.717, 1.165) is 67.6 Å². The summed E-state index contributed by atoms with van der Waals surface area (Å²) >= 11 is 1.46.